The van der Waals surface area contributed by atoms with Crippen LogP contribution in [0.3, 0.4) is 0 Å². The molecule has 0 atom stereocenters. The summed E-state index contributed by atoms with van der Waals surface area (Å²) in [6, 6.07) is 68.8. The highest BCUT2D eigenvalue weighted by Crippen LogP contribution is 2.56. The first kappa shape index (κ1) is 36.9. The lowest BCUT2D eigenvalue weighted by atomic mass is 9.78. The van der Waals surface area contributed by atoms with E-state index in [9.17, 15) is 0 Å². The molecule has 10 aromatic rings. The van der Waals surface area contributed by atoms with Crippen molar-refractivity contribution in [2.24, 2.45) is 0 Å². The van der Waals surface area contributed by atoms with Crippen LogP contribution in [0.1, 0.15) is 51.3 Å². The maximum Gasteiger partial charge on any atom is 0.135 e. The Morgan fingerprint density at radius 3 is 1.93 bits per heavy atom. The summed E-state index contributed by atoms with van der Waals surface area (Å²) in [5.74, 6) is 0. The molecule has 0 amide bonds. The number of benzene rings is 9. The molecule has 2 nitrogen and oxygen atoms in total. The van der Waals surface area contributed by atoms with Crippen LogP contribution in [0.25, 0.3) is 88.3 Å². The average molecular weight is 786 g/mol. The molecule has 0 radical (unpaired) electrons. The Morgan fingerprint density at radius 1 is 0.426 bits per heavy atom. The minimum atomic E-state index is -0.177. The highest BCUT2D eigenvalue weighted by Gasteiger charge is 2.39. The van der Waals surface area contributed by atoms with E-state index < -0.39 is 0 Å². The first-order chi connectivity index (χ1) is 29.6. The predicted molar refractivity (Wildman–Crippen MR) is 259 cm³/mol. The smallest absolute Gasteiger partial charge is 0.135 e. The van der Waals surface area contributed by atoms with Crippen molar-refractivity contribution in [3.05, 3.63) is 205 Å². The Labute approximate surface area is 358 Å². The Hall–Kier alpha value is -7.16. The van der Waals surface area contributed by atoms with E-state index in [1.165, 1.54) is 83.1 Å². The largest absolute Gasteiger partial charge is 0.456 e. The summed E-state index contributed by atoms with van der Waals surface area (Å²) in [6.07, 6.45) is 0. The molecular weight excluding hydrogens is 739 g/mol. The van der Waals surface area contributed by atoms with Gasteiger partial charge in [-0.1, -0.05) is 180 Å². The lowest BCUT2D eigenvalue weighted by Gasteiger charge is -2.25. The number of anilines is 2. The van der Waals surface area contributed by atoms with Gasteiger partial charge >= 0.3 is 0 Å². The van der Waals surface area contributed by atoms with Crippen LogP contribution < -0.4 is 5.32 Å². The van der Waals surface area contributed by atoms with Crippen LogP contribution in [-0.4, -0.2) is 0 Å². The fourth-order valence-corrected chi connectivity index (χ4v) is 9.76. The average Bonchev–Trinajstić information content (AvgIpc) is 3.77. The zero-order valence-corrected chi connectivity index (χ0v) is 35.3. The molecule has 0 saturated carbocycles. The number of hydrogen-bond donors (Lipinski definition) is 1. The molecular formula is C59H47NO. The van der Waals surface area contributed by atoms with Crippen LogP contribution in [0.2, 0.25) is 0 Å². The summed E-state index contributed by atoms with van der Waals surface area (Å²) >= 11 is 0. The third kappa shape index (κ3) is 6.17. The molecule has 2 heteroatoms. The summed E-state index contributed by atoms with van der Waals surface area (Å²) in [5, 5.41) is 8.67. The van der Waals surface area contributed by atoms with Crippen molar-refractivity contribution in [2.45, 2.75) is 45.4 Å². The maximum absolute atomic E-state index is 6.20. The van der Waals surface area contributed by atoms with Gasteiger partial charge in [0.2, 0.25) is 0 Å². The molecule has 294 valence electrons. The van der Waals surface area contributed by atoms with Crippen LogP contribution in [-0.2, 0) is 10.8 Å². The second-order valence-corrected chi connectivity index (χ2v) is 18.2. The van der Waals surface area contributed by atoms with Gasteiger partial charge in [-0.25, -0.2) is 0 Å². The van der Waals surface area contributed by atoms with Gasteiger partial charge in [0, 0.05) is 33.1 Å². The summed E-state index contributed by atoms with van der Waals surface area (Å²) in [6.45, 7) is 11.7. The molecule has 1 aliphatic carbocycles. The van der Waals surface area contributed by atoms with Gasteiger partial charge in [-0.15, -0.1) is 0 Å². The van der Waals surface area contributed by atoms with Crippen molar-refractivity contribution in [3.63, 3.8) is 0 Å². The number of para-hydroxylation sites is 2. The van der Waals surface area contributed by atoms with E-state index in [1.54, 1.807) is 0 Å². The van der Waals surface area contributed by atoms with E-state index in [4.69, 9.17) is 4.42 Å². The Bertz CT molecular complexity index is 3330. The number of furan rings is 1. The standard InChI is InChI=1S/C59H47NO/c1-58(2,3)42-27-30-48-52(36-42)59(4,5)51-32-31-46(41-17-12-16-39(34-41)40-26-33-55-50(35-40)47-19-9-11-23-54(47)61-55)56(57(48)51)49-20-8-10-22-53(49)60-43-28-24-38(25-29-43)45-21-13-15-37-14-6-7-18-44(37)45/h6-36,60H,1-5H3. The normalized spacial score (nSPS) is 13.1. The monoisotopic (exact) mass is 785 g/mol. The molecule has 1 aliphatic rings. The Balaban J connectivity index is 1.07. The molecule has 61 heavy (non-hydrogen) atoms. The predicted octanol–water partition coefficient (Wildman–Crippen LogP) is 16.8. The molecule has 11 rings (SSSR count). The second-order valence-electron chi connectivity index (χ2n) is 18.2. The van der Waals surface area contributed by atoms with Crippen LogP contribution in [0.4, 0.5) is 11.4 Å². The first-order valence-electron chi connectivity index (χ1n) is 21.4. The van der Waals surface area contributed by atoms with Crippen molar-refractivity contribution >= 4 is 44.1 Å². The summed E-state index contributed by atoms with van der Waals surface area (Å²) in [7, 11) is 0. The molecule has 0 saturated heterocycles. The van der Waals surface area contributed by atoms with E-state index in [-0.39, 0.29) is 10.8 Å². The maximum atomic E-state index is 6.20. The SMILES string of the molecule is CC(C)(C)c1ccc2c(c1)C(C)(C)c1ccc(-c3cccc(-c4ccc5oc6ccccc6c5c4)c3)c(-c3ccccc3Nc3ccc(-c4cccc5ccccc45)cc3)c1-2. The van der Waals surface area contributed by atoms with E-state index in [0.717, 1.165) is 33.3 Å². The lowest BCUT2D eigenvalue weighted by Crippen LogP contribution is -2.17. The van der Waals surface area contributed by atoms with E-state index in [0.29, 0.717) is 0 Å². The van der Waals surface area contributed by atoms with Crippen molar-refractivity contribution in [1.29, 1.82) is 0 Å². The highest BCUT2D eigenvalue weighted by molar-refractivity contribution is 6.07. The van der Waals surface area contributed by atoms with Gasteiger partial charge < -0.3 is 9.73 Å². The van der Waals surface area contributed by atoms with Crippen molar-refractivity contribution in [1.82, 2.24) is 0 Å². The second kappa shape index (κ2) is 14.0. The number of rotatable bonds is 6. The van der Waals surface area contributed by atoms with Crippen LogP contribution in [0.5, 0.6) is 0 Å². The summed E-state index contributed by atoms with van der Waals surface area (Å²) in [5.41, 5.74) is 20.1. The fraction of sp³-hybridized carbons (Fsp3) is 0.119. The molecule has 9 aromatic carbocycles. The van der Waals surface area contributed by atoms with E-state index >= 15 is 0 Å². The quantitative estimate of drug-likeness (QED) is 0.182. The van der Waals surface area contributed by atoms with E-state index in [2.05, 4.69) is 216 Å². The summed E-state index contributed by atoms with van der Waals surface area (Å²) in [4.78, 5) is 0. The zero-order chi connectivity index (χ0) is 41.5. The molecule has 1 aromatic heterocycles. The number of nitrogens with one attached hydrogen (secondary N) is 1. The number of fused-ring (bicyclic) bond motifs is 7. The number of hydrogen-bond acceptors (Lipinski definition) is 2. The van der Waals surface area contributed by atoms with Crippen LogP contribution >= 0.6 is 0 Å². The van der Waals surface area contributed by atoms with Gasteiger partial charge in [-0.05, 0) is 125 Å². The summed E-state index contributed by atoms with van der Waals surface area (Å²) < 4.78 is 6.20. The molecule has 0 fully saturated rings. The molecule has 0 aliphatic heterocycles. The molecule has 1 N–H and O–H groups in total. The topological polar surface area (TPSA) is 25.2 Å². The minimum Gasteiger partial charge on any atom is -0.456 e. The Kier molecular flexibility index (Phi) is 8.44. The molecule has 0 bridgehead atoms. The molecule has 0 spiro atoms. The van der Waals surface area contributed by atoms with Crippen LogP contribution in [0, 0.1) is 0 Å². The third-order valence-corrected chi connectivity index (χ3v) is 13.1. The fourth-order valence-electron chi connectivity index (χ4n) is 9.76. The van der Waals surface area contributed by atoms with Gasteiger partial charge in [0.25, 0.3) is 0 Å². The van der Waals surface area contributed by atoms with Crippen molar-refractivity contribution in [3.8, 4) is 55.6 Å². The van der Waals surface area contributed by atoms with Crippen LogP contribution in [0.15, 0.2) is 192 Å². The van der Waals surface area contributed by atoms with Gasteiger partial charge in [0.15, 0.2) is 0 Å². The lowest BCUT2D eigenvalue weighted by molar-refractivity contribution is 0.584. The Morgan fingerprint density at radius 2 is 1.08 bits per heavy atom. The minimum absolute atomic E-state index is 0.0414. The van der Waals surface area contributed by atoms with E-state index in [1.807, 2.05) is 12.1 Å². The first-order valence-corrected chi connectivity index (χ1v) is 21.4. The van der Waals surface area contributed by atoms with Gasteiger partial charge in [-0.3, -0.25) is 0 Å². The van der Waals surface area contributed by atoms with Gasteiger partial charge in [-0.2, -0.15) is 0 Å². The molecule has 1 heterocycles. The van der Waals surface area contributed by atoms with Crippen molar-refractivity contribution in [2.75, 3.05) is 5.32 Å². The molecule has 0 unspecified atom stereocenters. The zero-order valence-electron chi connectivity index (χ0n) is 35.3. The van der Waals surface area contributed by atoms with Gasteiger partial charge in [0.05, 0.1) is 0 Å². The van der Waals surface area contributed by atoms with Crippen molar-refractivity contribution < 1.29 is 4.42 Å². The highest BCUT2D eigenvalue weighted by atomic mass is 16.3. The third-order valence-electron chi connectivity index (χ3n) is 13.1. The van der Waals surface area contributed by atoms with Gasteiger partial charge in [0.1, 0.15) is 11.2 Å².